The molecule has 3 N–H and O–H groups in total. The molecule has 1 unspecified atom stereocenters. The molecule has 0 spiro atoms. The van der Waals surface area contributed by atoms with Crippen LogP contribution in [0.2, 0.25) is 0 Å². The fraction of sp³-hybridized carbons (Fsp3) is 0.364. The van der Waals surface area contributed by atoms with Crippen molar-refractivity contribution < 1.29 is 14.6 Å². The molecule has 5 heteroatoms. The number of anilines is 1. The van der Waals surface area contributed by atoms with E-state index >= 15 is 0 Å². The number of urea groups is 1. The maximum Gasteiger partial charge on any atom is 0.319 e. The Morgan fingerprint density at radius 3 is 2.75 bits per heavy atom. The van der Waals surface area contributed by atoms with Crippen LogP contribution in [0.3, 0.4) is 0 Å². The highest BCUT2D eigenvalue weighted by molar-refractivity contribution is 5.89. The Hall–Kier alpha value is -1.75. The van der Waals surface area contributed by atoms with E-state index in [-0.39, 0.29) is 17.8 Å². The summed E-state index contributed by atoms with van der Waals surface area (Å²) in [7, 11) is 0. The van der Waals surface area contributed by atoms with Gasteiger partial charge in [0.15, 0.2) is 0 Å². The number of aromatic hydroxyl groups is 1. The van der Waals surface area contributed by atoms with Crippen molar-refractivity contribution in [2.45, 2.75) is 12.5 Å². The lowest BCUT2D eigenvalue weighted by atomic mass is 10.3. The summed E-state index contributed by atoms with van der Waals surface area (Å²) in [4.78, 5) is 11.5. The summed E-state index contributed by atoms with van der Waals surface area (Å²) in [6.07, 6.45) is 0.850. The van der Waals surface area contributed by atoms with Crippen molar-refractivity contribution in [3.8, 4) is 5.75 Å². The van der Waals surface area contributed by atoms with E-state index < -0.39 is 0 Å². The number of nitrogens with one attached hydrogen (secondary N) is 2. The Morgan fingerprint density at radius 1 is 1.38 bits per heavy atom. The van der Waals surface area contributed by atoms with Crippen molar-refractivity contribution in [2.24, 2.45) is 0 Å². The Kier molecular flexibility index (Phi) is 3.26. The monoisotopic (exact) mass is 222 g/mol. The summed E-state index contributed by atoms with van der Waals surface area (Å²) in [5.41, 5.74) is 0.647. The number of hydrogen-bond acceptors (Lipinski definition) is 3. The van der Waals surface area contributed by atoms with Gasteiger partial charge in [-0.3, -0.25) is 0 Å². The summed E-state index contributed by atoms with van der Waals surface area (Å²) >= 11 is 0. The minimum Gasteiger partial charge on any atom is -0.508 e. The molecule has 1 aromatic carbocycles. The SMILES string of the molecule is O=C(Nc1ccc(O)cc1)NC1CCOC1. The van der Waals surface area contributed by atoms with Gasteiger partial charge in [-0.05, 0) is 30.7 Å². The van der Waals surface area contributed by atoms with Gasteiger partial charge in [0.1, 0.15) is 5.75 Å². The zero-order chi connectivity index (χ0) is 11.4. The van der Waals surface area contributed by atoms with Gasteiger partial charge < -0.3 is 20.5 Å². The summed E-state index contributed by atoms with van der Waals surface area (Å²) in [5.74, 6) is 0.176. The van der Waals surface area contributed by atoms with Crippen LogP contribution in [0.25, 0.3) is 0 Å². The first kappa shape index (κ1) is 10.8. The van der Waals surface area contributed by atoms with Gasteiger partial charge in [-0.1, -0.05) is 0 Å². The molecule has 0 aliphatic carbocycles. The standard InChI is InChI=1S/C11H14N2O3/c14-10-3-1-8(2-4-10)12-11(15)13-9-5-6-16-7-9/h1-4,9,14H,5-7H2,(H2,12,13,15). The van der Waals surface area contributed by atoms with E-state index in [1.165, 1.54) is 12.1 Å². The van der Waals surface area contributed by atoms with E-state index in [1.807, 2.05) is 0 Å². The molecule has 86 valence electrons. The van der Waals surface area contributed by atoms with Crippen molar-refractivity contribution in [1.82, 2.24) is 5.32 Å². The number of carbonyl (C=O) groups excluding carboxylic acids is 1. The fourth-order valence-corrected chi connectivity index (χ4v) is 1.55. The van der Waals surface area contributed by atoms with Gasteiger partial charge in [0.25, 0.3) is 0 Å². The van der Waals surface area contributed by atoms with E-state index in [1.54, 1.807) is 12.1 Å². The smallest absolute Gasteiger partial charge is 0.319 e. The van der Waals surface area contributed by atoms with Gasteiger partial charge in [-0.2, -0.15) is 0 Å². The molecule has 1 atom stereocenters. The molecule has 16 heavy (non-hydrogen) atoms. The Bertz CT molecular complexity index is 358. The second-order valence-electron chi connectivity index (χ2n) is 3.71. The van der Waals surface area contributed by atoms with Crippen LogP contribution in [0.4, 0.5) is 10.5 Å². The third kappa shape index (κ3) is 2.87. The molecule has 0 bridgehead atoms. The Morgan fingerprint density at radius 2 is 2.12 bits per heavy atom. The molecule has 1 aliphatic rings. The predicted octanol–water partition coefficient (Wildman–Crippen LogP) is 1.30. The minimum absolute atomic E-state index is 0.0946. The van der Waals surface area contributed by atoms with Crippen LogP contribution in [0.1, 0.15) is 6.42 Å². The van der Waals surface area contributed by atoms with Crippen molar-refractivity contribution in [1.29, 1.82) is 0 Å². The molecule has 1 saturated heterocycles. The first-order valence-corrected chi connectivity index (χ1v) is 5.18. The second-order valence-corrected chi connectivity index (χ2v) is 3.71. The molecule has 1 heterocycles. The van der Waals surface area contributed by atoms with Gasteiger partial charge in [0.2, 0.25) is 0 Å². The normalized spacial score (nSPS) is 19.4. The lowest BCUT2D eigenvalue weighted by Gasteiger charge is -2.11. The van der Waals surface area contributed by atoms with E-state index in [0.29, 0.717) is 18.9 Å². The Labute approximate surface area is 93.4 Å². The topological polar surface area (TPSA) is 70.6 Å². The molecule has 1 fully saturated rings. The van der Waals surface area contributed by atoms with Crippen LogP contribution < -0.4 is 10.6 Å². The number of carbonyl (C=O) groups is 1. The zero-order valence-corrected chi connectivity index (χ0v) is 8.77. The lowest BCUT2D eigenvalue weighted by Crippen LogP contribution is -2.38. The number of rotatable bonds is 2. The molecular weight excluding hydrogens is 208 g/mol. The summed E-state index contributed by atoms with van der Waals surface area (Å²) < 4.78 is 5.15. The molecule has 2 rings (SSSR count). The van der Waals surface area contributed by atoms with Gasteiger partial charge in [-0.15, -0.1) is 0 Å². The van der Waals surface area contributed by atoms with Gasteiger partial charge in [0.05, 0.1) is 12.6 Å². The highest BCUT2D eigenvalue weighted by Gasteiger charge is 2.17. The van der Waals surface area contributed by atoms with Crippen molar-refractivity contribution in [2.75, 3.05) is 18.5 Å². The molecular formula is C11H14N2O3. The van der Waals surface area contributed by atoms with E-state index in [2.05, 4.69) is 10.6 Å². The molecule has 5 nitrogen and oxygen atoms in total. The van der Waals surface area contributed by atoms with Gasteiger partial charge in [-0.25, -0.2) is 4.79 Å². The van der Waals surface area contributed by atoms with Crippen LogP contribution in [-0.4, -0.2) is 30.4 Å². The quantitative estimate of drug-likeness (QED) is 0.660. The average molecular weight is 222 g/mol. The number of phenols is 1. The summed E-state index contributed by atoms with van der Waals surface area (Å²) in [6.45, 7) is 1.27. The molecule has 0 radical (unpaired) electrons. The maximum atomic E-state index is 11.5. The maximum absolute atomic E-state index is 11.5. The lowest BCUT2D eigenvalue weighted by molar-refractivity contribution is 0.189. The first-order chi connectivity index (χ1) is 7.74. The van der Waals surface area contributed by atoms with Crippen molar-refractivity contribution >= 4 is 11.7 Å². The molecule has 2 amide bonds. The first-order valence-electron chi connectivity index (χ1n) is 5.18. The van der Waals surface area contributed by atoms with Crippen LogP contribution in [0, 0.1) is 0 Å². The molecule has 1 aliphatic heterocycles. The largest absolute Gasteiger partial charge is 0.508 e. The number of phenolic OH excluding ortho intramolecular Hbond substituents is 1. The third-order valence-corrected chi connectivity index (χ3v) is 2.39. The van der Waals surface area contributed by atoms with E-state index in [9.17, 15) is 4.79 Å². The zero-order valence-electron chi connectivity index (χ0n) is 8.77. The minimum atomic E-state index is -0.249. The molecule has 0 saturated carbocycles. The molecule has 1 aromatic rings. The van der Waals surface area contributed by atoms with E-state index in [4.69, 9.17) is 9.84 Å². The van der Waals surface area contributed by atoms with Gasteiger partial charge >= 0.3 is 6.03 Å². The predicted molar refractivity (Wildman–Crippen MR) is 59.5 cm³/mol. The highest BCUT2D eigenvalue weighted by atomic mass is 16.5. The van der Waals surface area contributed by atoms with E-state index in [0.717, 1.165) is 6.42 Å². The van der Waals surface area contributed by atoms with Crippen molar-refractivity contribution in [3.63, 3.8) is 0 Å². The van der Waals surface area contributed by atoms with Crippen LogP contribution in [0.15, 0.2) is 24.3 Å². The summed E-state index contributed by atoms with van der Waals surface area (Å²) in [6, 6.07) is 6.17. The van der Waals surface area contributed by atoms with Gasteiger partial charge in [0, 0.05) is 12.3 Å². The number of amides is 2. The number of benzene rings is 1. The van der Waals surface area contributed by atoms with Crippen LogP contribution in [0.5, 0.6) is 5.75 Å². The average Bonchev–Trinajstić information content (AvgIpc) is 2.74. The van der Waals surface area contributed by atoms with Crippen LogP contribution >= 0.6 is 0 Å². The third-order valence-electron chi connectivity index (χ3n) is 2.39. The number of ether oxygens (including phenoxy) is 1. The Balaban J connectivity index is 1.84. The molecule has 0 aromatic heterocycles. The highest BCUT2D eigenvalue weighted by Crippen LogP contribution is 2.13. The van der Waals surface area contributed by atoms with Crippen LogP contribution in [-0.2, 0) is 4.74 Å². The second kappa shape index (κ2) is 4.85. The number of hydrogen-bond donors (Lipinski definition) is 3. The fourth-order valence-electron chi connectivity index (χ4n) is 1.55. The van der Waals surface area contributed by atoms with Crippen molar-refractivity contribution in [3.05, 3.63) is 24.3 Å². The summed E-state index contributed by atoms with van der Waals surface area (Å²) in [5, 5.41) is 14.6.